The highest BCUT2D eigenvalue weighted by atomic mass is 32.2. The van der Waals surface area contributed by atoms with Crippen LogP contribution < -0.4 is 4.72 Å². The average molecular weight is 352 g/mol. The molecule has 1 aromatic rings. The van der Waals surface area contributed by atoms with Crippen LogP contribution in [0.4, 0.5) is 0 Å². The number of nitrogens with zero attached hydrogens (tertiary/aromatic N) is 1. The lowest BCUT2D eigenvalue weighted by atomic mass is 9.90. The van der Waals surface area contributed by atoms with Gasteiger partial charge in [-0.15, -0.1) is 0 Å². The van der Waals surface area contributed by atoms with Crippen molar-refractivity contribution in [3.05, 3.63) is 28.8 Å². The summed E-state index contributed by atoms with van der Waals surface area (Å²) in [6.07, 6.45) is 4.90. The second-order valence-electron chi connectivity index (χ2n) is 6.82. The second kappa shape index (κ2) is 6.82. The number of piperidine rings is 1. The summed E-state index contributed by atoms with van der Waals surface area (Å²) in [5.41, 5.74) is 1.72. The number of likely N-dealkylation sites (tertiary alicyclic amines) is 1. The maximum atomic E-state index is 12.9. The molecule has 3 rings (SSSR count). The number of hydrogen-bond donors (Lipinski definition) is 2. The van der Waals surface area contributed by atoms with Crippen molar-refractivity contribution < 1.29 is 18.3 Å². The van der Waals surface area contributed by atoms with Crippen molar-refractivity contribution in [1.82, 2.24) is 9.62 Å². The van der Waals surface area contributed by atoms with E-state index in [0.29, 0.717) is 6.42 Å². The van der Waals surface area contributed by atoms with Gasteiger partial charge in [0, 0.05) is 6.04 Å². The summed E-state index contributed by atoms with van der Waals surface area (Å²) in [7, 11) is -1.68. The normalized spacial score (nSPS) is 19.9. The van der Waals surface area contributed by atoms with Gasteiger partial charge in [0.1, 0.15) is 0 Å². The summed E-state index contributed by atoms with van der Waals surface area (Å²) in [5, 5.41) is 9.31. The number of sulfonamides is 1. The van der Waals surface area contributed by atoms with Crippen LogP contribution in [0.1, 0.15) is 47.2 Å². The third-order valence-electron chi connectivity index (χ3n) is 5.00. The molecule has 132 valence electrons. The minimum absolute atomic E-state index is 0.0550. The molecular weight excluding hydrogens is 328 g/mol. The summed E-state index contributed by atoms with van der Waals surface area (Å²) >= 11 is 0. The lowest BCUT2D eigenvalue weighted by Gasteiger charge is -2.30. The van der Waals surface area contributed by atoms with E-state index in [1.807, 2.05) is 7.05 Å². The van der Waals surface area contributed by atoms with Crippen LogP contribution in [-0.4, -0.2) is 50.6 Å². The maximum Gasteiger partial charge on any atom is 0.335 e. The molecule has 0 spiro atoms. The first-order valence-electron chi connectivity index (χ1n) is 8.47. The van der Waals surface area contributed by atoms with E-state index < -0.39 is 16.0 Å². The van der Waals surface area contributed by atoms with Crippen molar-refractivity contribution in [2.24, 2.45) is 0 Å². The highest BCUT2D eigenvalue weighted by molar-refractivity contribution is 7.89. The Morgan fingerprint density at radius 1 is 1.21 bits per heavy atom. The van der Waals surface area contributed by atoms with Gasteiger partial charge in [0.25, 0.3) is 0 Å². The zero-order valence-electron chi connectivity index (χ0n) is 13.9. The summed E-state index contributed by atoms with van der Waals surface area (Å²) in [4.78, 5) is 13.7. The zero-order valence-corrected chi connectivity index (χ0v) is 14.7. The molecule has 0 amide bonds. The van der Waals surface area contributed by atoms with Crippen LogP contribution in [0.3, 0.4) is 0 Å². The van der Waals surface area contributed by atoms with E-state index in [1.165, 1.54) is 6.07 Å². The number of aromatic carboxylic acids is 1. The topological polar surface area (TPSA) is 86.7 Å². The number of fused-ring (bicyclic) bond motifs is 1. The fourth-order valence-corrected chi connectivity index (χ4v) is 5.24. The van der Waals surface area contributed by atoms with E-state index in [1.54, 1.807) is 6.07 Å². The van der Waals surface area contributed by atoms with Gasteiger partial charge in [0.15, 0.2) is 0 Å². The Bertz CT molecular complexity index is 737. The third-order valence-corrected chi connectivity index (χ3v) is 6.59. The van der Waals surface area contributed by atoms with Crippen molar-refractivity contribution in [1.29, 1.82) is 0 Å². The van der Waals surface area contributed by atoms with Gasteiger partial charge in [-0.1, -0.05) is 0 Å². The van der Waals surface area contributed by atoms with E-state index in [0.717, 1.165) is 56.3 Å². The van der Waals surface area contributed by atoms with Gasteiger partial charge in [0.05, 0.1) is 10.5 Å². The van der Waals surface area contributed by atoms with Gasteiger partial charge in [-0.25, -0.2) is 17.9 Å². The molecule has 7 heteroatoms. The van der Waals surface area contributed by atoms with Crippen LogP contribution in [0.15, 0.2) is 17.0 Å². The van der Waals surface area contributed by atoms with Crippen LogP contribution >= 0.6 is 0 Å². The first kappa shape index (κ1) is 17.4. The zero-order chi connectivity index (χ0) is 17.3. The SMILES string of the molecule is CN1CCC(NS(=O)(=O)c2cc(C(=O)O)cc3c2CCCC3)CC1. The molecule has 1 aliphatic carbocycles. The summed E-state index contributed by atoms with van der Waals surface area (Å²) < 4.78 is 28.6. The highest BCUT2D eigenvalue weighted by Crippen LogP contribution is 2.29. The Hall–Kier alpha value is -1.44. The Morgan fingerprint density at radius 2 is 1.88 bits per heavy atom. The predicted molar refractivity (Wildman–Crippen MR) is 90.9 cm³/mol. The Labute approximate surface area is 142 Å². The van der Waals surface area contributed by atoms with Gasteiger partial charge in [0.2, 0.25) is 10.0 Å². The molecule has 0 atom stereocenters. The molecular formula is C17H24N2O4S. The second-order valence-corrected chi connectivity index (χ2v) is 8.51. The van der Waals surface area contributed by atoms with Crippen LogP contribution in [0.5, 0.6) is 0 Å². The van der Waals surface area contributed by atoms with Crippen LogP contribution in [0.2, 0.25) is 0 Å². The molecule has 0 saturated carbocycles. The molecule has 0 radical (unpaired) electrons. The number of aryl methyl sites for hydroxylation is 1. The van der Waals surface area contributed by atoms with Gasteiger partial charge >= 0.3 is 5.97 Å². The molecule has 0 aromatic heterocycles. The molecule has 24 heavy (non-hydrogen) atoms. The summed E-state index contributed by atoms with van der Waals surface area (Å²) in [6.45, 7) is 1.72. The summed E-state index contributed by atoms with van der Waals surface area (Å²) in [5.74, 6) is -1.08. The van der Waals surface area contributed by atoms with Gasteiger partial charge in [-0.3, -0.25) is 0 Å². The fourth-order valence-electron chi connectivity index (χ4n) is 3.60. The quantitative estimate of drug-likeness (QED) is 0.860. The molecule has 2 N–H and O–H groups in total. The van der Waals surface area contributed by atoms with E-state index in [4.69, 9.17) is 0 Å². The minimum atomic E-state index is -3.71. The van der Waals surface area contributed by atoms with Crippen molar-refractivity contribution in [3.8, 4) is 0 Å². The number of nitrogens with one attached hydrogen (secondary N) is 1. The van der Waals surface area contributed by atoms with Crippen LogP contribution in [0.25, 0.3) is 0 Å². The smallest absolute Gasteiger partial charge is 0.335 e. The monoisotopic (exact) mass is 352 g/mol. The fraction of sp³-hybridized carbons (Fsp3) is 0.588. The number of carboxylic acids is 1. The molecule has 0 unspecified atom stereocenters. The molecule has 1 saturated heterocycles. The Kier molecular flexibility index (Phi) is 4.94. The molecule has 0 bridgehead atoms. The highest BCUT2D eigenvalue weighted by Gasteiger charge is 2.28. The first-order valence-corrected chi connectivity index (χ1v) is 9.95. The van der Waals surface area contributed by atoms with Crippen molar-refractivity contribution >= 4 is 16.0 Å². The first-order chi connectivity index (χ1) is 11.4. The number of rotatable bonds is 4. The van der Waals surface area contributed by atoms with Crippen molar-refractivity contribution in [3.63, 3.8) is 0 Å². The van der Waals surface area contributed by atoms with E-state index in [2.05, 4.69) is 9.62 Å². The average Bonchev–Trinajstić information content (AvgIpc) is 2.55. The minimum Gasteiger partial charge on any atom is -0.478 e. The lowest BCUT2D eigenvalue weighted by molar-refractivity contribution is 0.0696. The molecule has 1 fully saturated rings. The number of hydrogen-bond acceptors (Lipinski definition) is 4. The number of carboxylic acid groups (broad SMARTS) is 1. The summed E-state index contributed by atoms with van der Waals surface area (Å²) in [6, 6.07) is 2.87. The maximum absolute atomic E-state index is 12.9. The molecule has 1 heterocycles. The third kappa shape index (κ3) is 3.63. The van der Waals surface area contributed by atoms with Gasteiger partial charge < -0.3 is 10.0 Å². The van der Waals surface area contributed by atoms with Gasteiger partial charge in [-0.05, 0) is 81.9 Å². The van der Waals surface area contributed by atoms with E-state index in [-0.39, 0.29) is 16.5 Å². The van der Waals surface area contributed by atoms with Crippen molar-refractivity contribution in [2.75, 3.05) is 20.1 Å². The largest absolute Gasteiger partial charge is 0.478 e. The molecule has 6 nitrogen and oxygen atoms in total. The van der Waals surface area contributed by atoms with Crippen molar-refractivity contribution in [2.45, 2.75) is 49.5 Å². The number of benzene rings is 1. The van der Waals surface area contributed by atoms with Crippen LogP contribution in [0, 0.1) is 0 Å². The lowest BCUT2D eigenvalue weighted by Crippen LogP contribution is -2.43. The molecule has 1 aromatic carbocycles. The Morgan fingerprint density at radius 3 is 2.54 bits per heavy atom. The van der Waals surface area contributed by atoms with E-state index in [9.17, 15) is 18.3 Å². The van der Waals surface area contributed by atoms with Crippen LogP contribution in [-0.2, 0) is 22.9 Å². The van der Waals surface area contributed by atoms with Gasteiger partial charge in [-0.2, -0.15) is 0 Å². The number of carbonyl (C=O) groups is 1. The standard InChI is InChI=1S/C17H24N2O4S/c1-19-8-6-14(7-9-19)18-24(22,23)16-11-13(17(20)21)10-12-4-2-3-5-15(12)16/h10-11,14,18H,2-9H2,1H3,(H,20,21). The molecule has 2 aliphatic rings. The predicted octanol–water partition coefficient (Wildman–Crippen LogP) is 1.64. The molecule has 1 aliphatic heterocycles. The van der Waals surface area contributed by atoms with E-state index >= 15 is 0 Å². The Balaban J connectivity index is 1.94.